The highest BCUT2D eigenvalue weighted by atomic mass is 35.5. The van der Waals surface area contributed by atoms with Crippen LogP contribution in [0.2, 0.25) is 10.0 Å². The number of aliphatic hydroxyl groups is 2. The number of fused-ring (bicyclic) bond motifs is 4. The summed E-state index contributed by atoms with van der Waals surface area (Å²) in [5.41, 5.74) is -6.19. The molecule has 12 heteroatoms. The zero-order chi connectivity index (χ0) is 32.4. The second-order valence-electron chi connectivity index (χ2n) is 12.8. The lowest BCUT2D eigenvalue weighted by atomic mass is 9.43. The summed E-state index contributed by atoms with van der Waals surface area (Å²) >= 11 is 11.9. The number of ether oxygens (including phenoxy) is 4. The third-order valence-electron chi connectivity index (χ3n) is 10.6. The average molecular weight is 662 g/mol. The van der Waals surface area contributed by atoms with E-state index in [-0.39, 0.29) is 32.1 Å². The smallest absolute Gasteiger partial charge is 0.355 e. The Kier molecular flexibility index (Phi) is 7.95. The minimum absolute atomic E-state index is 0.0280. The average Bonchev–Trinajstić information content (AvgIpc) is 3.39. The lowest BCUT2D eigenvalue weighted by Crippen LogP contribution is -2.83. The van der Waals surface area contributed by atoms with Crippen LogP contribution in [-0.2, 0) is 51.0 Å². The van der Waals surface area contributed by atoms with Gasteiger partial charge >= 0.3 is 23.9 Å². The Bertz CT molecular complexity index is 1530. The highest BCUT2D eigenvalue weighted by molar-refractivity contribution is 6.30. The minimum Gasteiger partial charge on any atom is -0.462 e. The molecule has 0 radical (unpaired) electrons. The van der Waals surface area contributed by atoms with Gasteiger partial charge in [0.25, 0.3) is 5.60 Å². The van der Waals surface area contributed by atoms with E-state index in [9.17, 15) is 29.4 Å². The zero-order valence-electron chi connectivity index (χ0n) is 24.8. The number of hydrogen-bond acceptors (Lipinski definition) is 10. The van der Waals surface area contributed by atoms with Gasteiger partial charge in [0.15, 0.2) is 12.2 Å². The largest absolute Gasteiger partial charge is 0.462 e. The summed E-state index contributed by atoms with van der Waals surface area (Å²) < 4.78 is 23.1. The van der Waals surface area contributed by atoms with Gasteiger partial charge in [0, 0.05) is 34.7 Å². The van der Waals surface area contributed by atoms with Gasteiger partial charge in [-0.05, 0) is 67.5 Å². The van der Waals surface area contributed by atoms with Crippen molar-refractivity contribution < 1.29 is 48.3 Å². The van der Waals surface area contributed by atoms with Gasteiger partial charge in [0.1, 0.15) is 18.3 Å². The number of rotatable bonds is 8. The van der Waals surface area contributed by atoms with E-state index in [1.807, 2.05) is 0 Å². The van der Waals surface area contributed by atoms with Gasteiger partial charge in [0.05, 0.1) is 5.41 Å². The van der Waals surface area contributed by atoms with Gasteiger partial charge in [0.2, 0.25) is 0 Å². The van der Waals surface area contributed by atoms with E-state index >= 15 is 0 Å². The van der Waals surface area contributed by atoms with Crippen LogP contribution in [0.3, 0.4) is 0 Å². The molecule has 2 aromatic carbocycles. The monoisotopic (exact) mass is 660 g/mol. The SMILES string of the molecule is C[C@@H]1C[C@@H](OC(=O)CCc2ccc(Cl)cc2)[C@@]2(O)[C@@]13C[C@@H](OC(=O)[C@@H]3O)[C@@]1(OC(=O)CCc3ccc(Cl)cc3)C(=O)OC[C@@]21C. The van der Waals surface area contributed by atoms with E-state index in [1.165, 1.54) is 6.92 Å². The maximum Gasteiger partial charge on any atom is 0.355 e. The molecule has 240 valence electrons. The third-order valence-corrected chi connectivity index (χ3v) is 11.1. The van der Waals surface area contributed by atoms with Crippen LogP contribution in [0.4, 0.5) is 0 Å². The molecule has 2 aliphatic heterocycles. The Hall–Kier alpha value is -3.18. The van der Waals surface area contributed by atoms with Gasteiger partial charge in [-0.1, -0.05) is 54.4 Å². The molecule has 0 amide bonds. The Morgan fingerprint density at radius 2 is 1.51 bits per heavy atom. The third kappa shape index (κ3) is 4.59. The van der Waals surface area contributed by atoms with Gasteiger partial charge in [-0.15, -0.1) is 0 Å². The summed E-state index contributed by atoms with van der Waals surface area (Å²) in [6, 6.07) is 13.9. The number of carbonyl (C=O) groups is 4. The number of benzene rings is 2. The minimum atomic E-state index is -2.25. The van der Waals surface area contributed by atoms with E-state index in [1.54, 1.807) is 55.5 Å². The maximum atomic E-state index is 13.7. The predicted molar refractivity (Wildman–Crippen MR) is 159 cm³/mol. The van der Waals surface area contributed by atoms with Crippen molar-refractivity contribution in [3.05, 3.63) is 69.7 Å². The van der Waals surface area contributed by atoms with E-state index < -0.39 is 76.7 Å². The standard InChI is InChI=1S/C33H34Cl2O10/c1-18-15-23(43-25(36)13-7-19-3-9-21(34)10-4-19)33(41)30(2)17-42-29(40)32(30,24-16-31(18,33)27(38)28(39)44-24)45-26(37)14-8-20-5-11-22(35)12-6-20/h3-6,9-12,18,23-24,27,38,41H,7-8,13-17H2,1-2H3/t18-,23-,24-,27+,30-,31+,32-,33+/m1/s1. The van der Waals surface area contributed by atoms with Crippen LogP contribution in [0, 0.1) is 16.7 Å². The normalized spacial score (nSPS) is 36.4. The molecule has 2 heterocycles. The van der Waals surface area contributed by atoms with Gasteiger partial charge < -0.3 is 29.2 Å². The number of hydrogen-bond donors (Lipinski definition) is 2. The fourth-order valence-electron chi connectivity index (χ4n) is 8.31. The molecular weight excluding hydrogens is 627 g/mol. The second-order valence-corrected chi connectivity index (χ2v) is 13.7. The first-order valence-corrected chi connectivity index (χ1v) is 15.7. The van der Waals surface area contributed by atoms with Crippen LogP contribution >= 0.6 is 23.2 Å². The predicted octanol–water partition coefficient (Wildman–Crippen LogP) is 3.76. The van der Waals surface area contributed by atoms with Crippen LogP contribution in [-0.4, -0.2) is 70.2 Å². The molecule has 6 rings (SSSR count). The molecule has 2 N–H and O–H groups in total. The molecule has 0 unspecified atom stereocenters. The fourth-order valence-corrected chi connectivity index (χ4v) is 8.56. The first-order chi connectivity index (χ1) is 21.3. The van der Waals surface area contributed by atoms with Crippen molar-refractivity contribution in [2.75, 3.05) is 6.61 Å². The van der Waals surface area contributed by atoms with Crippen molar-refractivity contribution >= 4 is 47.1 Å². The molecule has 2 aromatic rings. The van der Waals surface area contributed by atoms with Gasteiger partial charge in [-0.3, -0.25) is 9.59 Å². The van der Waals surface area contributed by atoms with Crippen LogP contribution in [0.1, 0.15) is 50.7 Å². The van der Waals surface area contributed by atoms with Crippen molar-refractivity contribution in [1.29, 1.82) is 0 Å². The molecule has 10 nitrogen and oxygen atoms in total. The van der Waals surface area contributed by atoms with Crippen molar-refractivity contribution in [1.82, 2.24) is 0 Å². The van der Waals surface area contributed by atoms with E-state index in [0.717, 1.165) is 11.1 Å². The molecule has 2 saturated carbocycles. The first kappa shape index (κ1) is 31.8. The van der Waals surface area contributed by atoms with Crippen LogP contribution in [0.5, 0.6) is 0 Å². The van der Waals surface area contributed by atoms with E-state index in [2.05, 4.69) is 0 Å². The van der Waals surface area contributed by atoms with Crippen molar-refractivity contribution in [2.24, 2.45) is 16.7 Å². The Morgan fingerprint density at radius 3 is 2.09 bits per heavy atom. The maximum absolute atomic E-state index is 13.7. The van der Waals surface area contributed by atoms with E-state index in [4.69, 9.17) is 42.1 Å². The highest BCUT2D eigenvalue weighted by Gasteiger charge is 2.90. The van der Waals surface area contributed by atoms with Crippen molar-refractivity contribution in [2.45, 2.75) is 81.9 Å². The lowest BCUT2D eigenvalue weighted by molar-refractivity contribution is -0.336. The number of cyclic esters (lactones) is 1. The molecule has 4 fully saturated rings. The van der Waals surface area contributed by atoms with Gasteiger partial charge in [-0.2, -0.15) is 0 Å². The van der Waals surface area contributed by atoms with E-state index in [0.29, 0.717) is 16.5 Å². The summed E-state index contributed by atoms with van der Waals surface area (Å²) in [6.07, 6.45) is -4.12. The number of carbonyl (C=O) groups excluding carboxylic acids is 4. The van der Waals surface area contributed by atoms with Gasteiger partial charge in [-0.25, -0.2) is 9.59 Å². The number of aryl methyl sites for hydroxylation is 2. The first-order valence-electron chi connectivity index (χ1n) is 15.0. The summed E-state index contributed by atoms with van der Waals surface area (Å²) in [7, 11) is 0. The Labute approximate surface area is 269 Å². The molecule has 8 atom stereocenters. The summed E-state index contributed by atoms with van der Waals surface area (Å²) in [4.78, 5) is 53.6. The molecule has 2 bridgehead atoms. The molecule has 4 aliphatic rings. The van der Waals surface area contributed by atoms with Crippen LogP contribution < -0.4 is 0 Å². The Balaban J connectivity index is 1.33. The molecule has 45 heavy (non-hydrogen) atoms. The number of halogens is 2. The molecule has 1 spiro atoms. The summed E-state index contributed by atoms with van der Waals surface area (Å²) in [5.74, 6) is -4.01. The Morgan fingerprint density at radius 1 is 0.956 bits per heavy atom. The molecular formula is C33H34Cl2O10. The fraction of sp³-hybridized carbons (Fsp3) is 0.515. The zero-order valence-corrected chi connectivity index (χ0v) is 26.3. The number of aliphatic hydroxyl groups excluding tert-OH is 1. The quantitative estimate of drug-likeness (QED) is 0.317. The van der Waals surface area contributed by atoms with Crippen molar-refractivity contribution in [3.63, 3.8) is 0 Å². The van der Waals surface area contributed by atoms with Crippen molar-refractivity contribution in [3.8, 4) is 0 Å². The summed E-state index contributed by atoms with van der Waals surface area (Å²) in [6.45, 7) is 2.82. The molecule has 2 aliphatic carbocycles. The molecule has 2 saturated heterocycles. The highest BCUT2D eigenvalue weighted by Crippen LogP contribution is 2.73. The topological polar surface area (TPSA) is 146 Å². The van der Waals surface area contributed by atoms with Crippen LogP contribution in [0.15, 0.2) is 48.5 Å². The lowest BCUT2D eigenvalue weighted by Gasteiger charge is -2.65. The van der Waals surface area contributed by atoms with Crippen LogP contribution in [0.25, 0.3) is 0 Å². The number of esters is 4. The molecule has 0 aromatic heterocycles. The summed E-state index contributed by atoms with van der Waals surface area (Å²) in [5, 5.41) is 25.4. The second kappa shape index (κ2) is 11.3.